The minimum Gasteiger partial charge on any atom is -0.352 e. The maximum absolute atomic E-state index is 12.0. The molecule has 2 rings (SSSR count). The van der Waals surface area contributed by atoms with Crippen LogP contribution < -0.4 is 16.4 Å². The average molecular weight is 339 g/mol. The van der Waals surface area contributed by atoms with Crippen molar-refractivity contribution in [1.29, 1.82) is 0 Å². The number of rotatable bonds is 7. The molecule has 0 saturated carbocycles. The largest absolute Gasteiger partial charge is 0.352 e. The van der Waals surface area contributed by atoms with Crippen LogP contribution >= 0.6 is 0 Å². The lowest BCUT2D eigenvalue weighted by Gasteiger charge is -2.07. The van der Waals surface area contributed by atoms with Crippen molar-refractivity contribution in [3.05, 3.63) is 65.2 Å². The molecule has 25 heavy (non-hydrogen) atoms. The molecular formula is C19H21N3O3. The molecule has 0 unspecified atom stereocenters. The van der Waals surface area contributed by atoms with Gasteiger partial charge in [0.15, 0.2) is 5.78 Å². The SMILES string of the molecule is Cc1ccc(C(=O)CCC(=O)NCc2ccc(NC(N)=O)cc2)cc1. The molecule has 0 saturated heterocycles. The number of primary amides is 1. The zero-order chi connectivity index (χ0) is 18.2. The number of urea groups is 1. The van der Waals surface area contributed by atoms with E-state index in [1.165, 1.54) is 0 Å². The Labute approximate surface area is 146 Å². The smallest absolute Gasteiger partial charge is 0.316 e. The highest BCUT2D eigenvalue weighted by Gasteiger charge is 2.09. The van der Waals surface area contributed by atoms with Crippen molar-refractivity contribution in [2.45, 2.75) is 26.3 Å². The summed E-state index contributed by atoms with van der Waals surface area (Å²) in [5, 5.41) is 5.23. The maximum atomic E-state index is 12.0. The molecule has 0 spiro atoms. The second kappa shape index (κ2) is 8.63. The predicted molar refractivity (Wildman–Crippen MR) is 96.2 cm³/mol. The lowest BCUT2D eigenvalue weighted by atomic mass is 10.0. The fraction of sp³-hybridized carbons (Fsp3) is 0.211. The number of nitrogens with two attached hydrogens (primary N) is 1. The van der Waals surface area contributed by atoms with Crippen molar-refractivity contribution in [1.82, 2.24) is 5.32 Å². The summed E-state index contributed by atoms with van der Waals surface area (Å²) in [7, 11) is 0. The number of hydrogen-bond acceptors (Lipinski definition) is 3. The number of hydrogen-bond donors (Lipinski definition) is 3. The van der Waals surface area contributed by atoms with Crippen LogP contribution in [0.15, 0.2) is 48.5 Å². The molecule has 6 heteroatoms. The van der Waals surface area contributed by atoms with Crippen LogP contribution in [0.5, 0.6) is 0 Å². The Balaban J connectivity index is 1.75. The van der Waals surface area contributed by atoms with Crippen molar-refractivity contribution in [2.75, 3.05) is 5.32 Å². The normalized spacial score (nSPS) is 10.1. The van der Waals surface area contributed by atoms with E-state index in [9.17, 15) is 14.4 Å². The van der Waals surface area contributed by atoms with E-state index in [0.29, 0.717) is 17.8 Å². The van der Waals surface area contributed by atoms with Crippen LogP contribution in [0.3, 0.4) is 0 Å². The molecule has 0 fully saturated rings. The zero-order valence-corrected chi connectivity index (χ0v) is 14.0. The summed E-state index contributed by atoms with van der Waals surface area (Å²) in [5.41, 5.74) is 8.22. The third-order valence-corrected chi connectivity index (χ3v) is 3.66. The first kappa shape index (κ1) is 18.2. The van der Waals surface area contributed by atoms with Gasteiger partial charge in [-0.3, -0.25) is 9.59 Å². The van der Waals surface area contributed by atoms with E-state index in [1.807, 2.05) is 19.1 Å². The molecule has 0 aromatic heterocycles. The number of amides is 3. The number of nitrogens with one attached hydrogen (secondary N) is 2. The van der Waals surface area contributed by atoms with Crippen LogP contribution in [-0.2, 0) is 11.3 Å². The van der Waals surface area contributed by atoms with Crippen LogP contribution in [0.1, 0.15) is 34.3 Å². The lowest BCUT2D eigenvalue weighted by molar-refractivity contribution is -0.121. The highest BCUT2D eigenvalue weighted by atomic mass is 16.2. The van der Waals surface area contributed by atoms with E-state index in [1.54, 1.807) is 36.4 Å². The zero-order valence-electron chi connectivity index (χ0n) is 14.0. The maximum Gasteiger partial charge on any atom is 0.316 e. The van der Waals surface area contributed by atoms with Crippen LogP contribution in [0.25, 0.3) is 0 Å². The Kier molecular flexibility index (Phi) is 6.28. The molecule has 2 aromatic carbocycles. The molecule has 0 aliphatic heterocycles. The van der Waals surface area contributed by atoms with E-state index in [0.717, 1.165) is 11.1 Å². The van der Waals surface area contributed by atoms with Gasteiger partial charge < -0.3 is 16.4 Å². The molecule has 0 atom stereocenters. The van der Waals surface area contributed by atoms with Crippen molar-refractivity contribution in [3.63, 3.8) is 0 Å². The Morgan fingerprint density at radius 2 is 1.56 bits per heavy atom. The van der Waals surface area contributed by atoms with Gasteiger partial charge in [0.25, 0.3) is 0 Å². The predicted octanol–water partition coefficient (Wildman–Crippen LogP) is 2.76. The number of carbonyl (C=O) groups excluding carboxylic acids is 3. The molecule has 130 valence electrons. The Morgan fingerprint density at radius 1 is 0.920 bits per heavy atom. The third kappa shape index (κ3) is 6.10. The summed E-state index contributed by atoms with van der Waals surface area (Å²) in [6, 6.07) is 13.6. The van der Waals surface area contributed by atoms with Crippen molar-refractivity contribution < 1.29 is 14.4 Å². The van der Waals surface area contributed by atoms with Gasteiger partial charge in [0.1, 0.15) is 0 Å². The van der Waals surface area contributed by atoms with Gasteiger partial charge in [0.2, 0.25) is 5.91 Å². The minimum absolute atomic E-state index is 0.0444. The van der Waals surface area contributed by atoms with E-state index in [-0.39, 0.29) is 24.5 Å². The lowest BCUT2D eigenvalue weighted by Crippen LogP contribution is -2.23. The first-order valence-corrected chi connectivity index (χ1v) is 7.96. The summed E-state index contributed by atoms with van der Waals surface area (Å²) in [4.78, 5) is 34.7. The Bertz CT molecular complexity index is 752. The Hall–Kier alpha value is -3.15. The molecule has 6 nitrogen and oxygen atoms in total. The summed E-state index contributed by atoms with van der Waals surface area (Å²) in [5.74, 6) is -0.225. The average Bonchev–Trinajstić information content (AvgIpc) is 2.59. The third-order valence-electron chi connectivity index (χ3n) is 3.66. The molecule has 0 aliphatic rings. The molecule has 2 aromatic rings. The fourth-order valence-electron chi connectivity index (χ4n) is 2.25. The second-order valence-corrected chi connectivity index (χ2v) is 5.75. The van der Waals surface area contributed by atoms with Gasteiger partial charge in [-0.05, 0) is 24.6 Å². The quantitative estimate of drug-likeness (QED) is 0.676. The first-order valence-electron chi connectivity index (χ1n) is 7.96. The van der Waals surface area contributed by atoms with E-state index in [2.05, 4.69) is 10.6 Å². The highest BCUT2D eigenvalue weighted by molar-refractivity contribution is 5.98. The van der Waals surface area contributed by atoms with E-state index in [4.69, 9.17) is 5.73 Å². The van der Waals surface area contributed by atoms with Crippen LogP contribution in [-0.4, -0.2) is 17.7 Å². The molecule has 0 bridgehead atoms. The van der Waals surface area contributed by atoms with Crippen molar-refractivity contribution in [2.24, 2.45) is 5.73 Å². The molecular weight excluding hydrogens is 318 g/mol. The van der Waals surface area contributed by atoms with Crippen molar-refractivity contribution >= 4 is 23.4 Å². The summed E-state index contributed by atoms with van der Waals surface area (Å²) >= 11 is 0. The minimum atomic E-state index is -0.626. The van der Waals surface area contributed by atoms with Gasteiger partial charge in [0, 0.05) is 30.6 Å². The van der Waals surface area contributed by atoms with Gasteiger partial charge in [-0.2, -0.15) is 0 Å². The first-order chi connectivity index (χ1) is 11.9. The number of aryl methyl sites for hydroxylation is 1. The number of carbonyl (C=O) groups is 3. The van der Waals surface area contributed by atoms with Gasteiger partial charge in [-0.25, -0.2) is 4.79 Å². The van der Waals surface area contributed by atoms with Gasteiger partial charge in [0.05, 0.1) is 0 Å². The van der Waals surface area contributed by atoms with E-state index < -0.39 is 6.03 Å². The van der Waals surface area contributed by atoms with Crippen molar-refractivity contribution in [3.8, 4) is 0 Å². The molecule has 3 amide bonds. The fourth-order valence-corrected chi connectivity index (χ4v) is 2.25. The second-order valence-electron chi connectivity index (χ2n) is 5.75. The van der Waals surface area contributed by atoms with Gasteiger partial charge in [-0.15, -0.1) is 0 Å². The molecule has 0 radical (unpaired) electrons. The molecule has 0 heterocycles. The van der Waals surface area contributed by atoms with Crippen LogP contribution in [0.4, 0.5) is 10.5 Å². The monoisotopic (exact) mass is 339 g/mol. The molecule has 4 N–H and O–H groups in total. The highest BCUT2D eigenvalue weighted by Crippen LogP contribution is 2.10. The Morgan fingerprint density at radius 3 is 2.16 bits per heavy atom. The van der Waals surface area contributed by atoms with Crippen LogP contribution in [0, 0.1) is 6.92 Å². The number of benzene rings is 2. The topological polar surface area (TPSA) is 101 Å². The van der Waals surface area contributed by atoms with Crippen LogP contribution in [0.2, 0.25) is 0 Å². The summed E-state index contributed by atoms with van der Waals surface area (Å²) < 4.78 is 0. The number of Topliss-reactive ketones (excluding diaryl/α,β-unsaturated/α-hetero) is 1. The molecule has 0 aliphatic carbocycles. The number of anilines is 1. The van der Waals surface area contributed by atoms with Gasteiger partial charge in [-0.1, -0.05) is 42.0 Å². The van der Waals surface area contributed by atoms with E-state index >= 15 is 0 Å². The summed E-state index contributed by atoms with van der Waals surface area (Å²) in [6.07, 6.45) is 0.324. The van der Waals surface area contributed by atoms with Gasteiger partial charge >= 0.3 is 6.03 Å². The summed E-state index contributed by atoms with van der Waals surface area (Å²) in [6.45, 7) is 2.31. The number of ketones is 1. The standard InChI is InChI=1S/C19H21N3O3/c1-13-2-6-15(7-3-13)17(23)10-11-18(24)21-12-14-4-8-16(9-5-14)22-19(20)25/h2-9H,10-12H2,1H3,(H,21,24)(H3,20,22,25).